The van der Waals surface area contributed by atoms with E-state index in [-0.39, 0.29) is 5.91 Å². The van der Waals surface area contributed by atoms with Crippen LogP contribution < -0.4 is 16.0 Å². The summed E-state index contributed by atoms with van der Waals surface area (Å²) >= 11 is 3.05. The Morgan fingerprint density at radius 2 is 2.24 bits per heavy atom. The Labute approximate surface area is 111 Å². The smallest absolute Gasteiger partial charge is 0.263 e. The Kier molecular flexibility index (Phi) is 5.14. The first-order valence-corrected chi connectivity index (χ1v) is 7.50. The Morgan fingerprint density at radius 1 is 1.59 bits per heavy atom. The van der Waals surface area contributed by atoms with Crippen molar-refractivity contribution in [3.05, 3.63) is 4.88 Å². The van der Waals surface area contributed by atoms with E-state index in [2.05, 4.69) is 17.1 Å². The number of amides is 1. The Morgan fingerprint density at radius 3 is 2.71 bits per heavy atom. The summed E-state index contributed by atoms with van der Waals surface area (Å²) in [5.74, 6) is -0.112. The Balaban J connectivity index is 3.17. The fourth-order valence-electron chi connectivity index (χ4n) is 1.58. The lowest BCUT2D eigenvalue weighted by Gasteiger charge is -2.17. The molecule has 0 radical (unpaired) electrons. The second-order valence-corrected chi connectivity index (χ2v) is 5.50. The van der Waals surface area contributed by atoms with Crippen LogP contribution in [0.1, 0.15) is 23.0 Å². The SMILES string of the molecule is CCCN(C)c1sc(C(=O)NC)c(N)c1SC. The molecule has 1 aromatic heterocycles. The van der Waals surface area contributed by atoms with E-state index in [1.807, 2.05) is 13.3 Å². The third-order valence-corrected chi connectivity index (χ3v) is 4.69. The van der Waals surface area contributed by atoms with E-state index < -0.39 is 0 Å². The molecule has 0 saturated carbocycles. The highest BCUT2D eigenvalue weighted by Crippen LogP contribution is 2.43. The molecule has 1 heterocycles. The molecule has 0 bridgehead atoms. The van der Waals surface area contributed by atoms with Gasteiger partial charge in [-0.1, -0.05) is 6.92 Å². The molecule has 0 spiro atoms. The fraction of sp³-hybridized carbons (Fsp3) is 0.545. The highest BCUT2D eigenvalue weighted by molar-refractivity contribution is 7.99. The summed E-state index contributed by atoms with van der Waals surface area (Å²) in [6, 6.07) is 0. The third-order valence-electron chi connectivity index (χ3n) is 2.43. The van der Waals surface area contributed by atoms with Gasteiger partial charge in [0.05, 0.1) is 10.6 Å². The highest BCUT2D eigenvalue weighted by Gasteiger charge is 2.21. The molecule has 0 aliphatic carbocycles. The minimum atomic E-state index is -0.112. The van der Waals surface area contributed by atoms with Gasteiger partial charge in [0.2, 0.25) is 0 Å². The number of thiophene rings is 1. The average molecular weight is 273 g/mol. The lowest BCUT2D eigenvalue weighted by Crippen LogP contribution is -2.17. The molecule has 3 N–H and O–H groups in total. The number of anilines is 2. The molecule has 0 aliphatic rings. The van der Waals surface area contributed by atoms with Gasteiger partial charge >= 0.3 is 0 Å². The zero-order chi connectivity index (χ0) is 13.0. The number of thioether (sulfide) groups is 1. The van der Waals surface area contributed by atoms with Crippen molar-refractivity contribution >= 4 is 39.7 Å². The summed E-state index contributed by atoms with van der Waals surface area (Å²) in [7, 11) is 3.65. The van der Waals surface area contributed by atoms with E-state index in [0.717, 1.165) is 22.9 Å². The molecular formula is C11H19N3OS2. The zero-order valence-electron chi connectivity index (χ0n) is 10.7. The predicted molar refractivity (Wildman–Crippen MR) is 77.5 cm³/mol. The lowest BCUT2D eigenvalue weighted by atomic mass is 10.3. The van der Waals surface area contributed by atoms with Gasteiger partial charge in [-0.2, -0.15) is 0 Å². The van der Waals surface area contributed by atoms with Crippen molar-refractivity contribution in [2.24, 2.45) is 0 Å². The second kappa shape index (κ2) is 6.16. The van der Waals surface area contributed by atoms with Crippen LogP contribution in [0.4, 0.5) is 10.7 Å². The second-order valence-electron chi connectivity index (χ2n) is 3.68. The fourth-order valence-corrected chi connectivity index (χ4v) is 3.73. The Bertz CT molecular complexity index is 404. The maximum atomic E-state index is 11.7. The number of hydrogen-bond acceptors (Lipinski definition) is 5. The third kappa shape index (κ3) is 2.87. The van der Waals surface area contributed by atoms with Crippen molar-refractivity contribution in [3.63, 3.8) is 0 Å². The summed E-state index contributed by atoms with van der Waals surface area (Å²) in [6.45, 7) is 3.09. The Hall–Kier alpha value is -0.880. The topological polar surface area (TPSA) is 58.4 Å². The molecular weight excluding hydrogens is 254 g/mol. The maximum Gasteiger partial charge on any atom is 0.263 e. The number of nitrogen functional groups attached to an aromatic ring is 1. The molecule has 17 heavy (non-hydrogen) atoms. The van der Waals surface area contributed by atoms with Gasteiger partial charge in [-0.25, -0.2) is 0 Å². The van der Waals surface area contributed by atoms with Gasteiger partial charge in [-0.15, -0.1) is 23.1 Å². The summed E-state index contributed by atoms with van der Waals surface area (Å²) in [4.78, 5) is 15.5. The molecule has 0 saturated heterocycles. The summed E-state index contributed by atoms with van der Waals surface area (Å²) < 4.78 is 0. The summed E-state index contributed by atoms with van der Waals surface area (Å²) in [6.07, 6.45) is 3.05. The first kappa shape index (κ1) is 14.2. The van der Waals surface area contributed by atoms with E-state index in [9.17, 15) is 4.79 Å². The number of rotatable bonds is 5. The minimum Gasteiger partial charge on any atom is -0.396 e. The van der Waals surface area contributed by atoms with Crippen molar-refractivity contribution in [2.75, 3.05) is 37.5 Å². The normalized spacial score (nSPS) is 10.4. The van der Waals surface area contributed by atoms with Crippen molar-refractivity contribution in [2.45, 2.75) is 18.2 Å². The van der Waals surface area contributed by atoms with Gasteiger partial charge in [-0.05, 0) is 12.7 Å². The van der Waals surface area contributed by atoms with Gasteiger partial charge < -0.3 is 16.0 Å². The first-order chi connectivity index (χ1) is 8.06. The molecule has 0 unspecified atom stereocenters. The molecule has 0 atom stereocenters. The van der Waals surface area contributed by atoms with Crippen LogP contribution in [0, 0.1) is 0 Å². The van der Waals surface area contributed by atoms with Crippen LogP contribution in [-0.4, -0.2) is 32.8 Å². The van der Waals surface area contributed by atoms with Gasteiger partial charge in [0.15, 0.2) is 0 Å². The van der Waals surface area contributed by atoms with Crippen LogP contribution in [0.15, 0.2) is 4.90 Å². The maximum absolute atomic E-state index is 11.7. The van der Waals surface area contributed by atoms with Crippen LogP contribution >= 0.6 is 23.1 Å². The lowest BCUT2D eigenvalue weighted by molar-refractivity contribution is 0.0968. The van der Waals surface area contributed by atoms with E-state index in [1.165, 1.54) is 11.3 Å². The van der Waals surface area contributed by atoms with Crippen LogP contribution in [-0.2, 0) is 0 Å². The van der Waals surface area contributed by atoms with Gasteiger partial charge in [0.1, 0.15) is 9.88 Å². The molecule has 4 nitrogen and oxygen atoms in total. The van der Waals surface area contributed by atoms with Crippen LogP contribution in [0.25, 0.3) is 0 Å². The molecule has 1 rings (SSSR count). The highest BCUT2D eigenvalue weighted by atomic mass is 32.2. The van der Waals surface area contributed by atoms with Crippen molar-refractivity contribution < 1.29 is 4.79 Å². The monoisotopic (exact) mass is 273 g/mol. The van der Waals surface area contributed by atoms with Gasteiger partial charge in [0, 0.05) is 20.6 Å². The number of carbonyl (C=O) groups is 1. The number of nitrogens with two attached hydrogens (primary N) is 1. The molecule has 1 aromatic rings. The number of hydrogen-bond donors (Lipinski definition) is 2. The van der Waals surface area contributed by atoms with Crippen LogP contribution in [0.2, 0.25) is 0 Å². The molecule has 0 aromatic carbocycles. The quantitative estimate of drug-likeness (QED) is 0.808. The van der Waals surface area contributed by atoms with Gasteiger partial charge in [0.25, 0.3) is 5.91 Å². The largest absolute Gasteiger partial charge is 0.396 e. The summed E-state index contributed by atoms with van der Waals surface area (Å²) in [5, 5.41) is 3.70. The van der Waals surface area contributed by atoms with E-state index in [0.29, 0.717) is 10.6 Å². The van der Waals surface area contributed by atoms with E-state index in [4.69, 9.17) is 5.73 Å². The van der Waals surface area contributed by atoms with Crippen LogP contribution in [0.5, 0.6) is 0 Å². The first-order valence-electron chi connectivity index (χ1n) is 5.46. The van der Waals surface area contributed by atoms with Gasteiger partial charge in [-0.3, -0.25) is 4.79 Å². The average Bonchev–Trinajstić information content (AvgIpc) is 2.65. The minimum absolute atomic E-state index is 0.112. The zero-order valence-corrected chi connectivity index (χ0v) is 12.3. The molecule has 1 amide bonds. The van der Waals surface area contributed by atoms with E-state index in [1.54, 1.807) is 18.8 Å². The van der Waals surface area contributed by atoms with E-state index >= 15 is 0 Å². The predicted octanol–water partition coefficient (Wildman–Crippen LogP) is 2.26. The van der Waals surface area contributed by atoms with Crippen molar-refractivity contribution in [1.82, 2.24) is 5.32 Å². The number of nitrogens with one attached hydrogen (secondary N) is 1. The molecule has 0 aliphatic heterocycles. The van der Waals surface area contributed by atoms with Crippen molar-refractivity contribution in [3.8, 4) is 0 Å². The van der Waals surface area contributed by atoms with Crippen molar-refractivity contribution in [1.29, 1.82) is 0 Å². The standard InChI is InChI=1S/C11H19N3OS2/c1-5-6-14(3)11-9(16-4)7(12)8(17-11)10(15)13-2/h5-6,12H2,1-4H3,(H,13,15). The molecule has 96 valence electrons. The molecule has 0 fully saturated rings. The number of carbonyl (C=O) groups excluding carboxylic acids is 1. The van der Waals surface area contributed by atoms with Crippen LogP contribution in [0.3, 0.4) is 0 Å². The summed E-state index contributed by atoms with van der Waals surface area (Å²) in [5.41, 5.74) is 6.62. The molecule has 6 heteroatoms. The number of nitrogens with zero attached hydrogens (tertiary/aromatic N) is 1.